The van der Waals surface area contributed by atoms with Gasteiger partial charge in [-0.3, -0.25) is 0 Å². The Hall–Kier alpha value is -1.31. The number of anilines is 1. The molecule has 0 aromatic carbocycles. The highest BCUT2D eigenvalue weighted by Crippen LogP contribution is 2.18. The maximum Gasteiger partial charge on any atom is 0.147 e. The lowest BCUT2D eigenvalue weighted by Gasteiger charge is -2.32. The summed E-state index contributed by atoms with van der Waals surface area (Å²) in [5.74, 6) is 0.834. The minimum Gasteiger partial charge on any atom is -0.394 e. The Bertz CT molecular complexity index is 418. The molecular formula is C12H18N4O2S. The number of hydrogen-bond donors (Lipinski definition) is 2. The van der Waals surface area contributed by atoms with E-state index in [2.05, 4.69) is 14.9 Å². The highest BCUT2D eigenvalue weighted by Gasteiger charge is 2.20. The van der Waals surface area contributed by atoms with Gasteiger partial charge >= 0.3 is 0 Å². The van der Waals surface area contributed by atoms with Gasteiger partial charge in [0.2, 0.25) is 0 Å². The highest BCUT2D eigenvalue weighted by atomic mass is 32.1. The van der Waals surface area contributed by atoms with E-state index in [1.165, 1.54) is 0 Å². The van der Waals surface area contributed by atoms with Gasteiger partial charge in [-0.1, -0.05) is 12.2 Å². The number of hydrogen-bond acceptors (Lipinski definition) is 6. The van der Waals surface area contributed by atoms with Gasteiger partial charge in [-0.25, -0.2) is 9.97 Å². The Labute approximate surface area is 117 Å². The zero-order valence-electron chi connectivity index (χ0n) is 10.7. The molecule has 0 atom stereocenters. The van der Waals surface area contributed by atoms with E-state index < -0.39 is 0 Å². The van der Waals surface area contributed by atoms with Crippen molar-refractivity contribution in [1.82, 2.24) is 9.97 Å². The van der Waals surface area contributed by atoms with E-state index in [9.17, 15) is 0 Å². The topological polar surface area (TPSA) is 84.5 Å². The second kappa shape index (κ2) is 6.74. The fraction of sp³-hybridized carbons (Fsp3) is 0.583. The van der Waals surface area contributed by atoms with Gasteiger partial charge in [-0.15, -0.1) is 0 Å². The molecule has 7 heteroatoms. The van der Waals surface area contributed by atoms with Crippen LogP contribution in [0.1, 0.15) is 18.5 Å². The van der Waals surface area contributed by atoms with Crippen LogP contribution >= 0.6 is 12.2 Å². The summed E-state index contributed by atoms with van der Waals surface area (Å²) in [4.78, 5) is 10.9. The first-order chi connectivity index (χ1) is 9.20. The number of rotatable bonds is 5. The van der Waals surface area contributed by atoms with Crippen molar-refractivity contribution < 1.29 is 9.84 Å². The van der Waals surface area contributed by atoms with Crippen molar-refractivity contribution in [3.05, 3.63) is 18.1 Å². The molecule has 6 nitrogen and oxygen atoms in total. The van der Waals surface area contributed by atoms with Gasteiger partial charge in [-0.05, 0) is 12.8 Å². The molecule has 1 fully saturated rings. The van der Waals surface area contributed by atoms with Gasteiger partial charge in [0.15, 0.2) is 0 Å². The van der Waals surface area contributed by atoms with E-state index in [1.54, 1.807) is 12.4 Å². The second-order valence-electron chi connectivity index (χ2n) is 4.40. The van der Waals surface area contributed by atoms with Crippen LogP contribution in [0.2, 0.25) is 0 Å². The van der Waals surface area contributed by atoms with Crippen LogP contribution < -0.4 is 10.6 Å². The first-order valence-electron chi connectivity index (χ1n) is 6.30. The molecule has 0 unspecified atom stereocenters. The van der Waals surface area contributed by atoms with Crippen LogP contribution in [0.5, 0.6) is 0 Å². The van der Waals surface area contributed by atoms with Crippen LogP contribution in [-0.4, -0.2) is 52.5 Å². The fourth-order valence-corrected chi connectivity index (χ4v) is 2.19. The molecule has 0 bridgehead atoms. The molecule has 19 heavy (non-hydrogen) atoms. The second-order valence-corrected chi connectivity index (χ2v) is 4.84. The Morgan fingerprint density at radius 2 is 2.16 bits per heavy atom. The SMILES string of the molecule is NC(=S)c1cnc(N2CCC(OCCO)CC2)cn1. The normalized spacial score (nSPS) is 16.6. The number of nitrogens with zero attached hydrogens (tertiary/aromatic N) is 3. The van der Waals surface area contributed by atoms with Gasteiger partial charge < -0.3 is 20.5 Å². The first kappa shape index (κ1) is 14.1. The summed E-state index contributed by atoms with van der Waals surface area (Å²) in [5, 5.41) is 8.72. The lowest BCUT2D eigenvalue weighted by molar-refractivity contribution is 0.0158. The molecule has 104 valence electrons. The lowest BCUT2D eigenvalue weighted by Crippen LogP contribution is -2.38. The molecule has 0 amide bonds. The van der Waals surface area contributed by atoms with E-state index >= 15 is 0 Å². The standard InChI is InChI=1S/C12H18N4O2S/c13-12(19)10-7-15-11(8-14-10)16-3-1-9(2-4-16)18-6-5-17/h7-9,17H,1-6H2,(H2,13,19). The Kier molecular flexibility index (Phi) is 5.00. The summed E-state index contributed by atoms with van der Waals surface area (Å²) in [6, 6.07) is 0. The summed E-state index contributed by atoms with van der Waals surface area (Å²) in [7, 11) is 0. The lowest BCUT2D eigenvalue weighted by atomic mass is 10.1. The summed E-state index contributed by atoms with van der Waals surface area (Å²) in [5.41, 5.74) is 6.03. The van der Waals surface area contributed by atoms with Crippen molar-refractivity contribution in [2.45, 2.75) is 18.9 Å². The molecule has 1 aromatic rings. The van der Waals surface area contributed by atoms with Crippen molar-refractivity contribution in [2.75, 3.05) is 31.2 Å². The zero-order chi connectivity index (χ0) is 13.7. The van der Waals surface area contributed by atoms with Gasteiger partial charge in [0, 0.05) is 13.1 Å². The minimum absolute atomic E-state index is 0.0755. The summed E-state index contributed by atoms with van der Waals surface area (Å²) in [6.07, 6.45) is 5.39. The largest absolute Gasteiger partial charge is 0.394 e. The van der Waals surface area contributed by atoms with Crippen LogP contribution in [0.15, 0.2) is 12.4 Å². The number of aliphatic hydroxyl groups is 1. The molecule has 1 aromatic heterocycles. The Balaban J connectivity index is 1.88. The highest BCUT2D eigenvalue weighted by molar-refractivity contribution is 7.80. The van der Waals surface area contributed by atoms with Crippen LogP contribution in [0.25, 0.3) is 0 Å². The maximum absolute atomic E-state index is 8.72. The van der Waals surface area contributed by atoms with E-state index in [-0.39, 0.29) is 17.7 Å². The first-order valence-corrected chi connectivity index (χ1v) is 6.71. The third kappa shape index (κ3) is 3.82. The number of ether oxygens (including phenoxy) is 1. The molecule has 1 aliphatic rings. The average molecular weight is 282 g/mol. The van der Waals surface area contributed by atoms with E-state index in [1.807, 2.05) is 0 Å². The average Bonchev–Trinajstić information content (AvgIpc) is 2.46. The quantitative estimate of drug-likeness (QED) is 0.740. The molecule has 0 spiro atoms. The van der Waals surface area contributed by atoms with Crippen LogP contribution in [0.3, 0.4) is 0 Å². The predicted octanol–water partition coefficient (Wildman–Crippen LogP) is 0.0885. The van der Waals surface area contributed by atoms with E-state index in [0.29, 0.717) is 12.3 Å². The molecule has 0 aliphatic carbocycles. The molecule has 1 saturated heterocycles. The molecule has 0 radical (unpaired) electrons. The number of thiocarbonyl (C=S) groups is 1. The molecule has 1 aliphatic heterocycles. The third-order valence-electron chi connectivity index (χ3n) is 3.10. The molecular weight excluding hydrogens is 264 g/mol. The van der Waals surface area contributed by atoms with Gasteiger partial charge in [0.1, 0.15) is 16.5 Å². The molecule has 2 rings (SSSR count). The minimum atomic E-state index is 0.0755. The summed E-state index contributed by atoms with van der Waals surface area (Å²) >= 11 is 4.84. The monoisotopic (exact) mass is 282 g/mol. The number of aliphatic hydroxyl groups excluding tert-OH is 1. The maximum atomic E-state index is 8.72. The van der Waals surface area contributed by atoms with Gasteiger partial charge in [0.25, 0.3) is 0 Å². The Morgan fingerprint density at radius 3 is 2.68 bits per heavy atom. The number of aromatic nitrogens is 2. The van der Waals surface area contributed by atoms with Crippen molar-refractivity contribution in [1.29, 1.82) is 0 Å². The number of nitrogens with two attached hydrogens (primary N) is 1. The molecule has 3 N–H and O–H groups in total. The van der Waals surface area contributed by atoms with Crippen LogP contribution in [0.4, 0.5) is 5.82 Å². The van der Waals surface area contributed by atoms with Crippen molar-refractivity contribution in [2.24, 2.45) is 5.73 Å². The molecule has 2 heterocycles. The summed E-state index contributed by atoms with van der Waals surface area (Å²) < 4.78 is 5.52. The predicted molar refractivity (Wildman–Crippen MR) is 76.2 cm³/mol. The van der Waals surface area contributed by atoms with Crippen LogP contribution in [0, 0.1) is 0 Å². The van der Waals surface area contributed by atoms with Crippen molar-refractivity contribution in [3.8, 4) is 0 Å². The van der Waals surface area contributed by atoms with E-state index in [4.69, 9.17) is 27.8 Å². The van der Waals surface area contributed by atoms with Gasteiger partial charge in [-0.2, -0.15) is 0 Å². The van der Waals surface area contributed by atoms with Crippen LogP contribution in [-0.2, 0) is 4.74 Å². The fourth-order valence-electron chi connectivity index (χ4n) is 2.08. The smallest absolute Gasteiger partial charge is 0.147 e. The molecule has 0 saturated carbocycles. The Morgan fingerprint density at radius 1 is 1.42 bits per heavy atom. The van der Waals surface area contributed by atoms with E-state index in [0.717, 1.165) is 31.7 Å². The van der Waals surface area contributed by atoms with Crippen molar-refractivity contribution >= 4 is 23.0 Å². The van der Waals surface area contributed by atoms with Crippen molar-refractivity contribution in [3.63, 3.8) is 0 Å². The number of piperidine rings is 1. The van der Waals surface area contributed by atoms with Gasteiger partial charge in [0.05, 0.1) is 31.7 Å². The summed E-state index contributed by atoms with van der Waals surface area (Å²) in [6.45, 7) is 2.23. The zero-order valence-corrected chi connectivity index (χ0v) is 11.5. The third-order valence-corrected chi connectivity index (χ3v) is 3.31.